The summed E-state index contributed by atoms with van der Waals surface area (Å²) >= 11 is 11.7. The molecule has 0 radical (unpaired) electrons. The van der Waals surface area contributed by atoms with Gasteiger partial charge in [0.05, 0.1) is 5.02 Å². The molecule has 1 aromatic heterocycles. The molecule has 6 nitrogen and oxygen atoms in total. The summed E-state index contributed by atoms with van der Waals surface area (Å²) in [5, 5.41) is 0.500. The van der Waals surface area contributed by atoms with Crippen LogP contribution in [0.15, 0.2) is 24.3 Å². The Balaban J connectivity index is 1.85. The second-order valence-electron chi connectivity index (χ2n) is 5.26. The Morgan fingerprint density at radius 1 is 1.12 bits per heavy atom. The minimum absolute atomic E-state index is 0.223. The molecule has 128 valence electrons. The van der Waals surface area contributed by atoms with Crippen molar-refractivity contribution in [3.05, 3.63) is 51.3 Å². The Morgan fingerprint density at radius 3 is 2.42 bits per heavy atom. The number of hydrogen-bond acceptors (Lipinski definition) is 3. The molecule has 1 heterocycles. The van der Waals surface area contributed by atoms with Gasteiger partial charge >= 0.3 is 0 Å². The molecule has 1 aromatic carbocycles. The SMILES string of the molecule is Cc1ccc(OCC(=O)NNC(=O)c2cc(Cl)c(Cl)n2C)cc1C. The van der Waals surface area contributed by atoms with Gasteiger partial charge in [-0.1, -0.05) is 29.3 Å². The molecule has 2 N–H and O–H groups in total. The fraction of sp³-hybridized carbons (Fsp3) is 0.250. The maximum absolute atomic E-state index is 12.0. The molecule has 8 heteroatoms. The molecule has 0 aliphatic rings. The molecular weight excluding hydrogens is 353 g/mol. The molecule has 0 saturated heterocycles. The Bertz CT molecular complexity index is 787. The van der Waals surface area contributed by atoms with E-state index < -0.39 is 11.8 Å². The highest BCUT2D eigenvalue weighted by Gasteiger charge is 2.16. The molecule has 0 saturated carbocycles. The molecule has 2 aromatic rings. The number of amides is 2. The summed E-state index contributed by atoms with van der Waals surface area (Å²) in [6.45, 7) is 3.72. The van der Waals surface area contributed by atoms with Crippen molar-refractivity contribution in [1.29, 1.82) is 0 Å². The van der Waals surface area contributed by atoms with Crippen LogP contribution in [0.3, 0.4) is 0 Å². The van der Waals surface area contributed by atoms with Crippen LogP contribution in [-0.2, 0) is 11.8 Å². The largest absolute Gasteiger partial charge is 0.484 e. The number of benzene rings is 1. The van der Waals surface area contributed by atoms with E-state index in [1.54, 1.807) is 13.1 Å². The maximum Gasteiger partial charge on any atom is 0.286 e. The van der Waals surface area contributed by atoms with Crippen molar-refractivity contribution in [2.24, 2.45) is 7.05 Å². The maximum atomic E-state index is 12.0. The van der Waals surface area contributed by atoms with E-state index >= 15 is 0 Å². The second kappa shape index (κ2) is 7.59. The normalized spacial score (nSPS) is 10.4. The lowest BCUT2D eigenvalue weighted by molar-refractivity contribution is -0.123. The third-order valence-corrected chi connectivity index (χ3v) is 4.35. The number of carbonyl (C=O) groups is 2. The van der Waals surface area contributed by atoms with Gasteiger partial charge in [-0.25, -0.2) is 0 Å². The van der Waals surface area contributed by atoms with Gasteiger partial charge in [0.25, 0.3) is 11.8 Å². The van der Waals surface area contributed by atoms with Crippen molar-refractivity contribution in [3.63, 3.8) is 0 Å². The molecule has 0 bridgehead atoms. The number of hydrogen-bond donors (Lipinski definition) is 2. The summed E-state index contributed by atoms with van der Waals surface area (Å²) in [5.74, 6) is -0.445. The standard InChI is InChI=1S/C16H17Cl2N3O3/c1-9-4-5-11(6-10(9)2)24-8-14(22)19-20-16(23)13-7-12(17)15(18)21(13)3/h4-7H,8H2,1-3H3,(H,19,22)(H,20,23). The third-order valence-electron chi connectivity index (χ3n) is 3.51. The highest BCUT2D eigenvalue weighted by molar-refractivity contribution is 6.41. The molecule has 2 rings (SSSR count). The first-order chi connectivity index (χ1) is 11.3. The smallest absolute Gasteiger partial charge is 0.286 e. The Labute approximate surface area is 149 Å². The van der Waals surface area contributed by atoms with E-state index in [1.165, 1.54) is 10.6 Å². The molecular formula is C16H17Cl2N3O3. The van der Waals surface area contributed by atoms with Crippen molar-refractivity contribution in [2.75, 3.05) is 6.61 Å². The zero-order chi connectivity index (χ0) is 17.9. The van der Waals surface area contributed by atoms with Gasteiger partial charge in [-0.05, 0) is 43.2 Å². The molecule has 0 spiro atoms. The first-order valence-electron chi connectivity index (χ1n) is 7.09. The molecule has 0 atom stereocenters. The molecule has 0 unspecified atom stereocenters. The van der Waals surface area contributed by atoms with Crippen molar-refractivity contribution >= 4 is 35.0 Å². The van der Waals surface area contributed by atoms with E-state index in [-0.39, 0.29) is 22.5 Å². The second-order valence-corrected chi connectivity index (χ2v) is 6.03. The van der Waals surface area contributed by atoms with Crippen molar-refractivity contribution in [3.8, 4) is 5.75 Å². The number of aromatic nitrogens is 1. The summed E-state index contributed by atoms with van der Waals surface area (Å²) in [7, 11) is 1.59. The number of nitrogens with zero attached hydrogens (tertiary/aromatic N) is 1. The quantitative estimate of drug-likeness (QED) is 0.813. The minimum atomic E-state index is -0.536. The average Bonchev–Trinajstić information content (AvgIpc) is 2.81. The fourth-order valence-corrected chi connectivity index (χ4v) is 2.32. The van der Waals surface area contributed by atoms with Gasteiger partial charge in [0.15, 0.2) is 6.61 Å². The van der Waals surface area contributed by atoms with Crippen LogP contribution < -0.4 is 15.6 Å². The van der Waals surface area contributed by atoms with Gasteiger partial charge in [0.2, 0.25) is 0 Å². The zero-order valence-electron chi connectivity index (χ0n) is 13.4. The van der Waals surface area contributed by atoms with E-state index in [0.29, 0.717) is 5.75 Å². The van der Waals surface area contributed by atoms with Gasteiger partial charge in [-0.15, -0.1) is 0 Å². The zero-order valence-corrected chi connectivity index (χ0v) is 15.0. The summed E-state index contributed by atoms with van der Waals surface area (Å²) in [6.07, 6.45) is 0. The number of halogens is 2. The first-order valence-corrected chi connectivity index (χ1v) is 7.85. The topological polar surface area (TPSA) is 72.4 Å². The van der Waals surface area contributed by atoms with Crippen LogP contribution in [0.5, 0.6) is 5.75 Å². The fourth-order valence-electron chi connectivity index (χ4n) is 1.94. The summed E-state index contributed by atoms with van der Waals surface area (Å²) in [4.78, 5) is 23.7. The number of rotatable bonds is 4. The van der Waals surface area contributed by atoms with Crippen LogP contribution in [0.2, 0.25) is 10.2 Å². The van der Waals surface area contributed by atoms with Crippen LogP contribution in [0.25, 0.3) is 0 Å². The molecule has 0 fully saturated rings. The predicted molar refractivity (Wildman–Crippen MR) is 92.5 cm³/mol. The molecule has 2 amide bonds. The van der Waals surface area contributed by atoms with E-state index in [0.717, 1.165) is 11.1 Å². The van der Waals surface area contributed by atoms with E-state index in [9.17, 15) is 9.59 Å². The summed E-state index contributed by atoms with van der Waals surface area (Å²) in [5.41, 5.74) is 6.98. The molecule has 24 heavy (non-hydrogen) atoms. The van der Waals surface area contributed by atoms with Crippen LogP contribution in [0.1, 0.15) is 21.6 Å². The number of hydrazine groups is 1. The monoisotopic (exact) mass is 369 g/mol. The third kappa shape index (κ3) is 4.21. The van der Waals surface area contributed by atoms with Gasteiger partial charge in [-0.2, -0.15) is 0 Å². The van der Waals surface area contributed by atoms with Crippen LogP contribution in [0, 0.1) is 13.8 Å². The van der Waals surface area contributed by atoms with Gasteiger partial charge < -0.3 is 9.30 Å². The lowest BCUT2D eigenvalue weighted by Gasteiger charge is -2.10. The Morgan fingerprint density at radius 2 is 1.83 bits per heavy atom. The summed E-state index contributed by atoms with van der Waals surface area (Å²) < 4.78 is 6.79. The minimum Gasteiger partial charge on any atom is -0.484 e. The van der Waals surface area contributed by atoms with Crippen molar-refractivity contribution < 1.29 is 14.3 Å². The van der Waals surface area contributed by atoms with Crippen molar-refractivity contribution in [1.82, 2.24) is 15.4 Å². The Hall–Kier alpha value is -2.18. The number of aryl methyl sites for hydroxylation is 2. The van der Waals surface area contributed by atoms with Crippen LogP contribution in [-0.4, -0.2) is 23.0 Å². The van der Waals surface area contributed by atoms with Crippen LogP contribution in [0.4, 0.5) is 0 Å². The predicted octanol–water partition coefficient (Wildman–Crippen LogP) is 2.79. The molecule has 0 aliphatic carbocycles. The van der Waals surface area contributed by atoms with Crippen molar-refractivity contribution in [2.45, 2.75) is 13.8 Å². The van der Waals surface area contributed by atoms with E-state index in [1.807, 2.05) is 26.0 Å². The van der Waals surface area contributed by atoms with E-state index in [4.69, 9.17) is 27.9 Å². The average molecular weight is 370 g/mol. The highest BCUT2D eigenvalue weighted by atomic mass is 35.5. The Kier molecular flexibility index (Phi) is 5.75. The van der Waals surface area contributed by atoms with E-state index in [2.05, 4.69) is 10.9 Å². The van der Waals surface area contributed by atoms with Gasteiger partial charge in [-0.3, -0.25) is 20.4 Å². The number of nitrogens with one attached hydrogen (secondary N) is 2. The van der Waals surface area contributed by atoms with Gasteiger partial charge in [0.1, 0.15) is 16.6 Å². The van der Waals surface area contributed by atoms with Crippen LogP contribution >= 0.6 is 23.2 Å². The number of carbonyl (C=O) groups excluding carboxylic acids is 2. The highest BCUT2D eigenvalue weighted by Crippen LogP contribution is 2.24. The molecule has 0 aliphatic heterocycles. The first kappa shape index (κ1) is 18.2. The lowest BCUT2D eigenvalue weighted by atomic mass is 10.1. The van der Waals surface area contributed by atoms with Gasteiger partial charge in [0, 0.05) is 7.05 Å². The lowest BCUT2D eigenvalue weighted by Crippen LogP contribution is -2.44. The summed E-state index contributed by atoms with van der Waals surface area (Å²) in [6, 6.07) is 6.95. The number of ether oxygens (including phenoxy) is 1.